The van der Waals surface area contributed by atoms with Gasteiger partial charge in [-0.05, 0) is 12.1 Å². The molecule has 0 atom stereocenters. The van der Waals surface area contributed by atoms with Crippen molar-refractivity contribution in [3.8, 4) is 0 Å². The van der Waals surface area contributed by atoms with E-state index < -0.39 is 10.0 Å². The van der Waals surface area contributed by atoms with Gasteiger partial charge in [0.15, 0.2) is 0 Å². The Hall–Kier alpha value is -1.44. The van der Waals surface area contributed by atoms with Gasteiger partial charge in [0.1, 0.15) is 11.0 Å². The monoisotopic (exact) mass is 286 g/mol. The fourth-order valence-electron chi connectivity index (χ4n) is 1.36. The van der Waals surface area contributed by atoms with Crippen LogP contribution in [0, 0.1) is 0 Å². The summed E-state index contributed by atoms with van der Waals surface area (Å²) >= 11 is 5.66. The molecule has 0 unspecified atom stereocenters. The van der Waals surface area contributed by atoms with Gasteiger partial charge >= 0.3 is 0 Å². The van der Waals surface area contributed by atoms with E-state index in [-0.39, 0.29) is 16.6 Å². The normalized spacial score (nSPS) is 11.7. The van der Waals surface area contributed by atoms with Crippen LogP contribution in [0.5, 0.6) is 0 Å². The number of pyridine rings is 1. The highest BCUT2D eigenvalue weighted by atomic mass is 35.5. The summed E-state index contributed by atoms with van der Waals surface area (Å²) in [6.45, 7) is 0.117. The average molecular weight is 287 g/mol. The van der Waals surface area contributed by atoms with Crippen LogP contribution in [0.2, 0.25) is 5.15 Å². The first-order valence-corrected chi connectivity index (χ1v) is 6.92. The zero-order valence-corrected chi connectivity index (χ0v) is 11.1. The van der Waals surface area contributed by atoms with E-state index in [0.717, 1.165) is 0 Å². The number of nitrogens with zero attached hydrogens (tertiary/aromatic N) is 3. The molecule has 0 aliphatic carbocycles. The molecule has 0 aliphatic heterocycles. The number of rotatable bonds is 4. The van der Waals surface area contributed by atoms with Crippen molar-refractivity contribution < 1.29 is 8.42 Å². The summed E-state index contributed by atoms with van der Waals surface area (Å²) in [5.41, 5.74) is 0. The van der Waals surface area contributed by atoms with Crippen LogP contribution in [0.3, 0.4) is 0 Å². The summed E-state index contributed by atoms with van der Waals surface area (Å²) in [6.07, 6.45) is 4.69. The molecule has 0 aliphatic rings. The summed E-state index contributed by atoms with van der Waals surface area (Å²) in [6, 6.07) is 2.68. The molecule has 2 rings (SSSR count). The van der Waals surface area contributed by atoms with E-state index in [1.54, 1.807) is 24.0 Å². The third kappa shape index (κ3) is 2.87. The molecule has 0 bridgehead atoms. The van der Waals surface area contributed by atoms with Gasteiger partial charge in [0, 0.05) is 25.6 Å². The van der Waals surface area contributed by atoms with E-state index in [2.05, 4.69) is 14.7 Å². The van der Waals surface area contributed by atoms with Crippen LogP contribution in [0.25, 0.3) is 0 Å². The topological polar surface area (TPSA) is 76.9 Å². The van der Waals surface area contributed by atoms with Crippen molar-refractivity contribution in [1.29, 1.82) is 0 Å². The Morgan fingerprint density at radius 2 is 2.17 bits per heavy atom. The molecule has 0 fully saturated rings. The van der Waals surface area contributed by atoms with Crippen molar-refractivity contribution >= 4 is 21.6 Å². The van der Waals surface area contributed by atoms with Crippen LogP contribution in [0.15, 0.2) is 35.6 Å². The second kappa shape index (κ2) is 5.05. The molecule has 2 heterocycles. The first kappa shape index (κ1) is 13.0. The van der Waals surface area contributed by atoms with E-state index in [1.165, 1.54) is 18.3 Å². The predicted molar refractivity (Wildman–Crippen MR) is 66.5 cm³/mol. The van der Waals surface area contributed by atoms with Crippen LogP contribution < -0.4 is 4.72 Å². The van der Waals surface area contributed by atoms with Crippen LogP contribution in [0.1, 0.15) is 5.82 Å². The van der Waals surface area contributed by atoms with Gasteiger partial charge in [-0.3, -0.25) is 0 Å². The van der Waals surface area contributed by atoms with Gasteiger partial charge in [-0.2, -0.15) is 0 Å². The largest absolute Gasteiger partial charge is 0.337 e. The van der Waals surface area contributed by atoms with Crippen LogP contribution >= 0.6 is 11.6 Å². The maximum atomic E-state index is 12.0. The summed E-state index contributed by atoms with van der Waals surface area (Å²) in [5.74, 6) is 0.624. The van der Waals surface area contributed by atoms with Crippen molar-refractivity contribution in [1.82, 2.24) is 19.3 Å². The number of hydrogen-bond acceptors (Lipinski definition) is 4. The quantitative estimate of drug-likeness (QED) is 0.849. The average Bonchev–Trinajstić information content (AvgIpc) is 2.72. The lowest BCUT2D eigenvalue weighted by Crippen LogP contribution is -2.24. The molecule has 8 heteroatoms. The molecular formula is C10H11ClN4O2S. The standard InChI is InChI=1S/C10H11ClN4O2S/c1-15-5-4-13-10(15)7-14-18(16,17)8-2-3-12-9(11)6-8/h2-6,14H,7H2,1H3. The molecule has 0 amide bonds. The minimum absolute atomic E-state index is 0.0803. The summed E-state index contributed by atoms with van der Waals surface area (Å²) < 4.78 is 28.1. The number of halogens is 1. The van der Waals surface area contributed by atoms with Gasteiger partial charge in [-0.15, -0.1) is 0 Å². The minimum atomic E-state index is -3.60. The molecule has 2 aromatic rings. The van der Waals surface area contributed by atoms with Gasteiger partial charge in [0.25, 0.3) is 0 Å². The van der Waals surface area contributed by atoms with Crippen LogP contribution in [-0.2, 0) is 23.6 Å². The minimum Gasteiger partial charge on any atom is -0.337 e. The fourth-order valence-corrected chi connectivity index (χ4v) is 2.59. The Morgan fingerprint density at radius 3 is 2.78 bits per heavy atom. The van der Waals surface area contributed by atoms with Crippen molar-refractivity contribution in [3.05, 3.63) is 41.7 Å². The molecule has 96 valence electrons. The zero-order valence-electron chi connectivity index (χ0n) is 9.54. The van der Waals surface area contributed by atoms with E-state index >= 15 is 0 Å². The van der Waals surface area contributed by atoms with Crippen molar-refractivity contribution in [2.75, 3.05) is 0 Å². The number of nitrogens with one attached hydrogen (secondary N) is 1. The number of aryl methyl sites for hydroxylation is 1. The van der Waals surface area contributed by atoms with E-state index in [0.29, 0.717) is 5.82 Å². The van der Waals surface area contributed by atoms with E-state index in [1.807, 2.05) is 0 Å². The van der Waals surface area contributed by atoms with Gasteiger partial charge in [0.05, 0.1) is 11.4 Å². The van der Waals surface area contributed by atoms with Gasteiger partial charge in [0.2, 0.25) is 10.0 Å². The molecule has 6 nitrogen and oxygen atoms in total. The Morgan fingerprint density at radius 1 is 1.39 bits per heavy atom. The zero-order chi connectivity index (χ0) is 13.2. The Kier molecular flexibility index (Phi) is 3.65. The highest BCUT2D eigenvalue weighted by molar-refractivity contribution is 7.89. The lowest BCUT2D eigenvalue weighted by molar-refractivity contribution is 0.577. The molecule has 1 N–H and O–H groups in total. The Bertz CT molecular complexity index is 653. The molecule has 0 spiro atoms. The number of sulfonamides is 1. The molecular weight excluding hydrogens is 276 g/mol. The third-order valence-electron chi connectivity index (χ3n) is 2.35. The van der Waals surface area contributed by atoms with Gasteiger partial charge in [-0.1, -0.05) is 11.6 Å². The van der Waals surface area contributed by atoms with Crippen molar-refractivity contribution in [3.63, 3.8) is 0 Å². The van der Waals surface area contributed by atoms with E-state index in [9.17, 15) is 8.42 Å². The summed E-state index contributed by atoms with van der Waals surface area (Å²) in [4.78, 5) is 7.84. The first-order chi connectivity index (χ1) is 8.49. The molecule has 0 saturated carbocycles. The second-order valence-electron chi connectivity index (χ2n) is 3.59. The Labute approximate surface area is 110 Å². The fraction of sp³-hybridized carbons (Fsp3) is 0.200. The van der Waals surface area contributed by atoms with E-state index in [4.69, 9.17) is 11.6 Å². The van der Waals surface area contributed by atoms with Crippen LogP contribution in [-0.4, -0.2) is 23.0 Å². The highest BCUT2D eigenvalue weighted by Gasteiger charge is 2.15. The molecule has 0 saturated heterocycles. The number of hydrogen-bond donors (Lipinski definition) is 1. The summed E-state index contributed by atoms with van der Waals surface area (Å²) in [5, 5.41) is 0.134. The second-order valence-corrected chi connectivity index (χ2v) is 5.75. The van der Waals surface area contributed by atoms with Crippen molar-refractivity contribution in [2.45, 2.75) is 11.4 Å². The lowest BCUT2D eigenvalue weighted by atomic mass is 10.5. The molecule has 2 aromatic heterocycles. The molecule has 18 heavy (non-hydrogen) atoms. The maximum absolute atomic E-state index is 12.0. The summed E-state index contributed by atoms with van der Waals surface area (Å²) in [7, 11) is -1.81. The highest BCUT2D eigenvalue weighted by Crippen LogP contribution is 2.12. The maximum Gasteiger partial charge on any atom is 0.241 e. The van der Waals surface area contributed by atoms with Crippen LogP contribution in [0.4, 0.5) is 0 Å². The third-order valence-corrected chi connectivity index (χ3v) is 3.96. The van der Waals surface area contributed by atoms with Gasteiger partial charge in [-0.25, -0.2) is 23.1 Å². The van der Waals surface area contributed by atoms with Crippen molar-refractivity contribution in [2.24, 2.45) is 7.05 Å². The first-order valence-electron chi connectivity index (χ1n) is 5.06. The predicted octanol–water partition coefficient (Wildman–Crippen LogP) is 0.947. The SMILES string of the molecule is Cn1ccnc1CNS(=O)(=O)c1ccnc(Cl)c1. The molecule has 0 radical (unpaired) electrons. The number of aromatic nitrogens is 3. The smallest absolute Gasteiger partial charge is 0.241 e. The lowest BCUT2D eigenvalue weighted by Gasteiger charge is -2.06. The number of imidazole rings is 1. The Balaban J connectivity index is 2.16. The van der Waals surface area contributed by atoms with Gasteiger partial charge < -0.3 is 4.57 Å². The molecule has 0 aromatic carbocycles.